The van der Waals surface area contributed by atoms with E-state index in [9.17, 15) is 9.90 Å². The first-order valence-corrected chi connectivity index (χ1v) is 6.17. The summed E-state index contributed by atoms with van der Waals surface area (Å²) >= 11 is 9.18. The Morgan fingerprint density at radius 3 is 2.94 bits per heavy atom. The summed E-state index contributed by atoms with van der Waals surface area (Å²) < 4.78 is 0.725. The van der Waals surface area contributed by atoms with E-state index >= 15 is 0 Å². The van der Waals surface area contributed by atoms with Gasteiger partial charge in [-0.2, -0.15) is 0 Å². The van der Waals surface area contributed by atoms with Gasteiger partial charge in [0.05, 0.1) is 11.7 Å². The minimum absolute atomic E-state index is 0.0917. The summed E-state index contributed by atoms with van der Waals surface area (Å²) in [6, 6.07) is 5.11. The van der Waals surface area contributed by atoms with Crippen molar-refractivity contribution in [3.63, 3.8) is 0 Å². The minimum Gasteiger partial charge on any atom is -0.391 e. The number of benzene rings is 1. The average Bonchev–Trinajstić information content (AvgIpc) is 2.67. The highest BCUT2D eigenvalue weighted by Crippen LogP contribution is 2.24. The molecular formula is C11H11BrClNO2. The Labute approximate surface area is 107 Å². The van der Waals surface area contributed by atoms with E-state index in [1.807, 2.05) is 0 Å². The summed E-state index contributed by atoms with van der Waals surface area (Å²) in [6.07, 6.45) is 0.242. The van der Waals surface area contributed by atoms with Gasteiger partial charge in [0.15, 0.2) is 0 Å². The Morgan fingerprint density at radius 2 is 2.31 bits per heavy atom. The Kier molecular flexibility index (Phi) is 3.52. The molecule has 1 aliphatic rings. The summed E-state index contributed by atoms with van der Waals surface area (Å²) in [7, 11) is 0. The molecule has 0 aliphatic carbocycles. The quantitative estimate of drug-likeness (QED) is 0.865. The highest BCUT2D eigenvalue weighted by Gasteiger charge is 2.26. The highest BCUT2D eigenvalue weighted by molar-refractivity contribution is 9.10. The molecule has 1 atom stereocenters. The van der Waals surface area contributed by atoms with Crippen molar-refractivity contribution in [1.29, 1.82) is 0 Å². The maximum atomic E-state index is 12.1. The van der Waals surface area contributed by atoms with Gasteiger partial charge >= 0.3 is 0 Å². The number of hydrogen-bond donors (Lipinski definition) is 1. The summed E-state index contributed by atoms with van der Waals surface area (Å²) in [5.74, 6) is -0.0917. The van der Waals surface area contributed by atoms with Crippen LogP contribution in [-0.4, -0.2) is 35.1 Å². The monoisotopic (exact) mass is 303 g/mol. The molecular weight excluding hydrogens is 293 g/mol. The fraction of sp³-hybridized carbons (Fsp3) is 0.364. The number of halogens is 2. The molecule has 0 spiro atoms. The van der Waals surface area contributed by atoms with Crippen LogP contribution < -0.4 is 0 Å². The van der Waals surface area contributed by atoms with Crippen LogP contribution in [-0.2, 0) is 0 Å². The second-order valence-electron chi connectivity index (χ2n) is 3.82. The SMILES string of the molecule is O=C(c1cc(Cl)ccc1Br)N1CC[C@@H](O)C1. The number of aliphatic hydroxyl groups excluding tert-OH is 1. The van der Waals surface area contributed by atoms with Gasteiger partial charge in [-0.15, -0.1) is 0 Å². The molecule has 1 saturated heterocycles. The Bertz CT molecular complexity index is 424. The number of aliphatic hydroxyl groups is 1. The van der Waals surface area contributed by atoms with Crippen molar-refractivity contribution in [3.8, 4) is 0 Å². The van der Waals surface area contributed by atoms with Crippen LogP contribution in [0.15, 0.2) is 22.7 Å². The second-order valence-corrected chi connectivity index (χ2v) is 5.11. The number of likely N-dealkylation sites (tertiary alicyclic amines) is 1. The van der Waals surface area contributed by atoms with Crippen LogP contribution in [0.4, 0.5) is 0 Å². The lowest BCUT2D eigenvalue weighted by atomic mass is 10.2. The third-order valence-corrected chi connectivity index (χ3v) is 3.54. The van der Waals surface area contributed by atoms with Crippen molar-refractivity contribution in [2.75, 3.05) is 13.1 Å². The van der Waals surface area contributed by atoms with Crippen molar-refractivity contribution in [2.45, 2.75) is 12.5 Å². The molecule has 5 heteroatoms. The highest BCUT2D eigenvalue weighted by atomic mass is 79.9. The average molecular weight is 305 g/mol. The molecule has 1 fully saturated rings. The van der Waals surface area contributed by atoms with E-state index in [-0.39, 0.29) is 5.91 Å². The predicted octanol–water partition coefficient (Wildman–Crippen LogP) is 2.31. The molecule has 0 bridgehead atoms. The van der Waals surface area contributed by atoms with E-state index < -0.39 is 6.10 Å². The van der Waals surface area contributed by atoms with Gasteiger partial charge < -0.3 is 10.0 Å². The van der Waals surface area contributed by atoms with E-state index in [0.717, 1.165) is 4.47 Å². The van der Waals surface area contributed by atoms with Gasteiger partial charge in [-0.05, 0) is 40.5 Å². The lowest BCUT2D eigenvalue weighted by molar-refractivity contribution is 0.0764. The molecule has 86 valence electrons. The molecule has 2 rings (SSSR count). The maximum Gasteiger partial charge on any atom is 0.255 e. The van der Waals surface area contributed by atoms with E-state index in [2.05, 4.69) is 15.9 Å². The predicted molar refractivity (Wildman–Crippen MR) is 65.7 cm³/mol. The fourth-order valence-corrected chi connectivity index (χ4v) is 2.35. The molecule has 1 N–H and O–H groups in total. The van der Waals surface area contributed by atoms with Gasteiger partial charge in [-0.1, -0.05) is 11.6 Å². The third kappa shape index (κ3) is 2.39. The van der Waals surface area contributed by atoms with Crippen LogP contribution in [0.3, 0.4) is 0 Å². The maximum absolute atomic E-state index is 12.1. The van der Waals surface area contributed by atoms with Crippen LogP contribution in [0, 0.1) is 0 Å². The zero-order chi connectivity index (χ0) is 11.7. The number of nitrogens with zero attached hydrogens (tertiary/aromatic N) is 1. The van der Waals surface area contributed by atoms with Crippen molar-refractivity contribution in [1.82, 2.24) is 4.90 Å². The normalized spacial score (nSPS) is 20.2. The zero-order valence-corrected chi connectivity index (χ0v) is 10.8. The van der Waals surface area contributed by atoms with E-state index in [1.165, 1.54) is 0 Å². The molecule has 1 amide bonds. The lowest BCUT2D eigenvalue weighted by Gasteiger charge is -2.16. The minimum atomic E-state index is -0.401. The molecule has 1 aromatic rings. The summed E-state index contributed by atoms with van der Waals surface area (Å²) in [5, 5.41) is 9.92. The van der Waals surface area contributed by atoms with Crippen molar-refractivity contribution in [2.24, 2.45) is 0 Å². The largest absolute Gasteiger partial charge is 0.391 e. The molecule has 1 aliphatic heterocycles. The number of carbonyl (C=O) groups excluding carboxylic acids is 1. The zero-order valence-electron chi connectivity index (χ0n) is 8.49. The van der Waals surface area contributed by atoms with Crippen molar-refractivity contribution >= 4 is 33.4 Å². The van der Waals surface area contributed by atoms with Crippen LogP contribution >= 0.6 is 27.5 Å². The molecule has 1 aromatic carbocycles. The van der Waals surface area contributed by atoms with Gasteiger partial charge in [0, 0.05) is 22.6 Å². The van der Waals surface area contributed by atoms with Crippen molar-refractivity contribution < 1.29 is 9.90 Å². The number of amides is 1. The van der Waals surface area contributed by atoms with Crippen LogP contribution in [0.5, 0.6) is 0 Å². The lowest BCUT2D eigenvalue weighted by Crippen LogP contribution is -2.29. The standard InChI is InChI=1S/C11H11BrClNO2/c12-10-2-1-7(13)5-9(10)11(16)14-4-3-8(15)6-14/h1-2,5,8,15H,3-4,6H2/t8-/m1/s1. The first-order valence-electron chi connectivity index (χ1n) is 5.00. The van der Waals surface area contributed by atoms with Gasteiger partial charge in [0.2, 0.25) is 0 Å². The smallest absolute Gasteiger partial charge is 0.255 e. The van der Waals surface area contributed by atoms with Gasteiger partial charge in [-0.3, -0.25) is 4.79 Å². The summed E-state index contributed by atoms with van der Waals surface area (Å²) in [5.41, 5.74) is 0.543. The molecule has 3 nitrogen and oxygen atoms in total. The third-order valence-electron chi connectivity index (χ3n) is 2.61. The van der Waals surface area contributed by atoms with E-state index in [1.54, 1.807) is 23.1 Å². The first kappa shape index (κ1) is 11.9. The van der Waals surface area contributed by atoms with Crippen LogP contribution in [0.2, 0.25) is 5.02 Å². The molecule has 0 aromatic heterocycles. The Morgan fingerprint density at radius 1 is 1.56 bits per heavy atom. The number of β-amino-alcohol motifs (C(OH)–C–C–N with tert-alkyl or cyclic N) is 1. The van der Waals surface area contributed by atoms with Gasteiger partial charge in [0.1, 0.15) is 0 Å². The van der Waals surface area contributed by atoms with Crippen molar-refractivity contribution in [3.05, 3.63) is 33.3 Å². The first-order chi connectivity index (χ1) is 7.58. The topological polar surface area (TPSA) is 40.5 Å². The molecule has 0 saturated carbocycles. The summed E-state index contributed by atoms with van der Waals surface area (Å²) in [4.78, 5) is 13.7. The summed E-state index contributed by atoms with van der Waals surface area (Å²) in [6.45, 7) is 0.997. The Balaban J connectivity index is 2.23. The second kappa shape index (κ2) is 4.73. The van der Waals surface area contributed by atoms with E-state index in [4.69, 9.17) is 11.6 Å². The Hall–Kier alpha value is -0.580. The molecule has 16 heavy (non-hydrogen) atoms. The number of rotatable bonds is 1. The number of hydrogen-bond acceptors (Lipinski definition) is 2. The number of carbonyl (C=O) groups is 1. The molecule has 0 unspecified atom stereocenters. The van der Waals surface area contributed by atoms with Crippen LogP contribution in [0.25, 0.3) is 0 Å². The molecule has 0 radical (unpaired) electrons. The fourth-order valence-electron chi connectivity index (χ4n) is 1.76. The van der Waals surface area contributed by atoms with Crippen LogP contribution in [0.1, 0.15) is 16.8 Å². The van der Waals surface area contributed by atoms with Gasteiger partial charge in [-0.25, -0.2) is 0 Å². The van der Waals surface area contributed by atoms with E-state index in [0.29, 0.717) is 30.1 Å². The van der Waals surface area contributed by atoms with Gasteiger partial charge in [0.25, 0.3) is 5.91 Å². The molecule has 1 heterocycles.